The van der Waals surface area contributed by atoms with Crippen LogP contribution in [0, 0.1) is 0 Å². The van der Waals surface area contributed by atoms with Gasteiger partial charge in [-0.3, -0.25) is 4.79 Å². The first-order valence-electron chi connectivity index (χ1n) is 5.19. The Balaban J connectivity index is 2.13. The number of benzene rings is 1. The summed E-state index contributed by atoms with van der Waals surface area (Å²) in [4.78, 5) is 11.1. The van der Waals surface area contributed by atoms with Crippen molar-refractivity contribution in [1.82, 2.24) is 0 Å². The molecule has 0 spiro atoms. The van der Waals surface area contributed by atoms with Crippen molar-refractivity contribution in [2.45, 2.75) is 18.9 Å². The van der Waals surface area contributed by atoms with E-state index in [0.29, 0.717) is 6.42 Å². The number of carbonyl (C=O) groups is 1. The lowest BCUT2D eigenvalue weighted by atomic mass is 10.0. The van der Waals surface area contributed by atoms with Crippen LogP contribution in [0.25, 0.3) is 0 Å². The minimum absolute atomic E-state index is 0.0149. The molecule has 4 heteroatoms. The van der Waals surface area contributed by atoms with E-state index in [9.17, 15) is 4.79 Å². The Morgan fingerprint density at radius 3 is 3.12 bits per heavy atom. The number of hydrogen-bond donors (Lipinski definition) is 1. The molecule has 0 aliphatic carbocycles. The largest absolute Gasteiger partial charge is 0.487 e. The van der Waals surface area contributed by atoms with Gasteiger partial charge in [0.2, 0.25) is 0 Å². The second-order valence-corrected chi connectivity index (χ2v) is 3.82. The topological polar surface area (TPSA) is 55.8 Å². The van der Waals surface area contributed by atoms with Gasteiger partial charge in [0.1, 0.15) is 11.9 Å². The molecule has 0 fully saturated rings. The smallest absolute Gasteiger partial charge is 0.309 e. The quantitative estimate of drug-likeness (QED) is 0.765. The van der Waals surface area contributed by atoms with Gasteiger partial charge >= 0.3 is 5.97 Å². The van der Waals surface area contributed by atoms with Crippen LogP contribution < -0.4 is 4.74 Å². The van der Waals surface area contributed by atoms with E-state index in [1.54, 1.807) is 0 Å². The van der Waals surface area contributed by atoms with Crippen molar-refractivity contribution in [3.8, 4) is 5.75 Å². The van der Waals surface area contributed by atoms with Crippen LogP contribution in [0.5, 0.6) is 5.75 Å². The Morgan fingerprint density at radius 2 is 2.44 bits per heavy atom. The fourth-order valence-electron chi connectivity index (χ4n) is 1.82. The minimum Gasteiger partial charge on any atom is -0.487 e. The van der Waals surface area contributed by atoms with Crippen molar-refractivity contribution in [3.63, 3.8) is 0 Å². The van der Waals surface area contributed by atoms with E-state index in [0.717, 1.165) is 16.9 Å². The van der Waals surface area contributed by atoms with Gasteiger partial charge in [0, 0.05) is 6.42 Å². The average molecular weight is 222 g/mol. The minimum atomic E-state index is -0.252. The third-order valence-corrected chi connectivity index (χ3v) is 2.65. The Morgan fingerprint density at radius 1 is 1.62 bits per heavy atom. The molecule has 1 atom stereocenters. The van der Waals surface area contributed by atoms with Crippen molar-refractivity contribution in [2.75, 3.05) is 13.7 Å². The molecule has 1 unspecified atom stereocenters. The highest BCUT2D eigenvalue weighted by molar-refractivity contribution is 5.72. The fraction of sp³-hybridized carbons (Fsp3) is 0.417. The van der Waals surface area contributed by atoms with Crippen LogP contribution >= 0.6 is 0 Å². The predicted molar refractivity (Wildman–Crippen MR) is 57.4 cm³/mol. The number of aliphatic hydroxyl groups excluding tert-OH is 1. The molecule has 1 aromatic rings. The summed E-state index contributed by atoms with van der Waals surface area (Å²) >= 11 is 0. The van der Waals surface area contributed by atoms with Crippen LogP contribution in [0.2, 0.25) is 0 Å². The Kier molecular flexibility index (Phi) is 3.10. The molecule has 1 aliphatic rings. The van der Waals surface area contributed by atoms with Gasteiger partial charge < -0.3 is 14.6 Å². The molecular weight excluding hydrogens is 208 g/mol. The van der Waals surface area contributed by atoms with Gasteiger partial charge in [-0.15, -0.1) is 0 Å². The molecular formula is C12H14O4. The summed E-state index contributed by atoms with van der Waals surface area (Å²) in [6.07, 6.45) is 0.817. The summed E-state index contributed by atoms with van der Waals surface area (Å²) in [6, 6.07) is 5.61. The van der Waals surface area contributed by atoms with Crippen LogP contribution in [0.4, 0.5) is 0 Å². The first kappa shape index (κ1) is 11.0. The highest BCUT2D eigenvalue weighted by Gasteiger charge is 2.22. The van der Waals surface area contributed by atoms with Crippen molar-refractivity contribution < 1.29 is 19.4 Å². The molecule has 0 saturated carbocycles. The zero-order valence-electron chi connectivity index (χ0n) is 9.10. The number of aliphatic hydroxyl groups is 1. The molecule has 86 valence electrons. The van der Waals surface area contributed by atoms with Crippen molar-refractivity contribution in [1.29, 1.82) is 0 Å². The molecule has 1 aromatic carbocycles. The molecule has 0 radical (unpaired) electrons. The third kappa shape index (κ3) is 2.17. The summed E-state index contributed by atoms with van der Waals surface area (Å²) in [5, 5.41) is 8.99. The summed E-state index contributed by atoms with van der Waals surface area (Å²) in [7, 11) is 1.38. The SMILES string of the molecule is COC(=O)Cc1ccc2c(c1)CC(CO)O2. The Labute approximate surface area is 93.8 Å². The van der Waals surface area contributed by atoms with E-state index in [4.69, 9.17) is 9.84 Å². The van der Waals surface area contributed by atoms with Crippen molar-refractivity contribution in [3.05, 3.63) is 29.3 Å². The number of carbonyl (C=O) groups excluding carboxylic acids is 1. The lowest BCUT2D eigenvalue weighted by Crippen LogP contribution is -2.17. The second kappa shape index (κ2) is 4.53. The molecule has 0 amide bonds. The van der Waals surface area contributed by atoms with E-state index < -0.39 is 0 Å². The van der Waals surface area contributed by atoms with Crippen molar-refractivity contribution in [2.24, 2.45) is 0 Å². The number of hydrogen-bond acceptors (Lipinski definition) is 4. The highest BCUT2D eigenvalue weighted by atomic mass is 16.5. The predicted octanol–water partition coefficient (Wildman–Crippen LogP) is 0.698. The van der Waals surface area contributed by atoms with Crippen LogP contribution in [0.3, 0.4) is 0 Å². The molecule has 16 heavy (non-hydrogen) atoms. The van der Waals surface area contributed by atoms with Crippen LogP contribution in [0.1, 0.15) is 11.1 Å². The summed E-state index contributed by atoms with van der Waals surface area (Å²) in [6.45, 7) is 0.0149. The summed E-state index contributed by atoms with van der Waals surface area (Å²) < 4.78 is 10.1. The molecule has 4 nitrogen and oxygen atoms in total. The zero-order valence-corrected chi connectivity index (χ0v) is 9.10. The summed E-state index contributed by atoms with van der Waals surface area (Å²) in [5.74, 6) is 0.547. The van der Waals surface area contributed by atoms with Gasteiger partial charge in [0.05, 0.1) is 20.1 Å². The first-order valence-corrected chi connectivity index (χ1v) is 5.19. The maximum atomic E-state index is 11.1. The normalized spacial score (nSPS) is 17.8. The average Bonchev–Trinajstić information content (AvgIpc) is 2.71. The van der Waals surface area contributed by atoms with E-state index in [-0.39, 0.29) is 25.1 Å². The number of methoxy groups -OCH3 is 1. The van der Waals surface area contributed by atoms with Crippen LogP contribution in [-0.4, -0.2) is 30.9 Å². The number of rotatable bonds is 3. The molecule has 0 saturated heterocycles. The van der Waals surface area contributed by atoms with Gasteiger partial charge in [0.25, 0.3) is 0 Å². The molecule has 1 heterocycles. The van der Waals surface area contributed by atoms with Gasteiger partial charge in [0.15, 0.2) is 0 Å². The molecule has 0 aromatic heterocycles. The Bertz CT molecular complexity index is 400. The number of esters is 1. The lowest BCUT2D eigenvalue weighted by Gasteiger charge is -2.05. The van der Waals surface area contributed by atoms with Crippen LogP contribution in [0.15, 0.2) is 18.2 Å². The number of fused-ring (bicyclic) bond motifs is 1. The van der Waals surface area contributed by atoms with E-state index in [1.165, 1.54) is 7.11 Å². The zero-order chi connectivity index (χ0) is 11.5. The number of ether oxygens (including phenoxy) is 2. The third-order valence-electron chi connectivity index (χ3n) is 2.65. The maximum absolute atomic E-state index is 11.1. The van der Waals surface area contributed by atoms with Gasteiger partial charge in [-0.25, -0.2) is 0 Å². The highest BCUT2D eigenvalue weighted by Crippen LogP contribution is 2.29. The van der Waals surface area contributed by atoms with Crippen molar-refractivity contribution >= 4 is 5.97 Å². The molecule has 1 N–H and O–H groups in total. The fourth-order valence-corrected chi connectivity index (χ4v) is 1.82. The molecule has 2 rings (SSSR count). The summed E-state index contributed by atoms with van der Waals surface area (Å²) in [5.41, 5.74) is 1.95. The first-order chi connectivity index (χ1) is 7.72. The molecule has 0 bridgehead atoms. The van der Waals surface area contributed by atoms with Gasteiger partial charge in [-0.2, -0.15) is 0 Å². The standard InChI is InChI=1S/C12H14O4/c1-15-12(14)5-8-2-3-11-9(4-8)6-10(7-13)16-11/h2-4,10,13H,5-7H2,1H3. The Hall–Kier alpha value is -1.55. The maximum Gasteiger partial charge on any atom is 0.309 e. The van der Waals surface area contributed by atoms with E-state index in [2.05, 4.69) is 4.74 Å². The van der Waals surface area contributed by atoms with Gasteiger partial charge in [-0.05, 0) is 17.2 Å². The van der Waals surface area contributed by atoms with E-state index >= 15 is 0 Å². The monoisotopic (exact) mass is 222 g/mol. The second-order valence-electron chi connectivity index (χ2n) is 3.82. The lowest BCUT2D eigenvalue weighted by molar-refractivity contribution is -0.139. The molecule has 1 aliphatic heterocycles. The van der Waals surface area contributed by atoms with E-state index in [1.807, 2.05) is 18.2 Å². The van der Waals surface area contributed by atoms with Gasteiger partial charge in [-0.1, -0.05) is 12.1 Å². The van der Waals surface area contributed by atoms with Crippen LogP contribution in [-0.2, 0) is 22.4 Å².